The van der Waals surface area contributed by atoms with Crippen molar-refractivity contribution < 1.29 is 86.2 Å². The molecule has 20 nitrogen and oxygen atoms in total. The van der Waals surface area contributed by atoms with E-state index in [9.17, 15) is 81.6 Å². The summed E-state index contributed by atoms with van der Waals surface area (Å²) in [5, 5.41) is 32.8. The van der Waals surface area contributed by atoms with Crippen molar-refractivity contribution in [3.8, 4) is 0 Å². The third kappa shape index (κ3) is 11.2. The first-order chi connectivity index (χ1) is 29.5. The Balaban J connectivity index is 1.70. The first-order valence-electron chi connectivity index (χ1n) is 19.9. The molecule has 0 saturated carbocycles. The molecule has 2 aliphatic heterocycles. The van der Waals surface area contributed by atoms with Crippen LogP contribution in [0.2, 0.25) is 0 Å². The molecule has 0 saturated heterocycles. The van der Waals surface area contributed by atoms with Crippen LogP contribution in [0.4, 0.5) is 11.4 Å². The summed E-state index contributed by atoms with van der Waals surface area (Å²) in [4.78, 5) is 37.4. The number of nitrogens with zero attached hydrogens (tertiary/aromatic N) is 2. The molecule has 4 N–H and O–H groups in total. The lowest BCUT2D eigenvalue weighted by molar-refractivity contribution is -0.437. The second kappa shape index (κ2) is 18.6. The van der Waals surface area contributed by atoms with Gasteiger partial charge in [0.05, 0.1) is 31.1 Å². The molecule has 0 spiro atoms. The van der Waals surface area contributed by atoms with Gasteiger partial charge in [-0.1, -0.05) is 18.6 Å². The normalized spacial score (nSPS) is 21.5. The molecule has 0 radical (unpaired) electrons. The minimum atomic E-state index is -5.03. The van der Waals surface area contributed by atoms with Gasteiger partial charge >= 0.3 is 11.9 Å². The standard InChI is InChI=1S/C40H48N2O18S4/c1-39(15-5-3-9-35(43)44)29-21-25(63(55,56)57)11-13-31(29)41(17-7-19-61(49,50)51)33(39)23-27-37(47)28(38(27)48)24-34-40(2,16-6-4-10-36(45)46)30-22-26(64(58,59)60)12-14-32(30)42(34)18-8-20-62(52,53)54/h11-14,21-24H,3-10,15-20H2,1-2H3,(H6-,43,44,45,46,47,48,49,50,51,52,53,54,55,56,57,58,59,60)/p-2/t39-,40-/m1/s1. The van der Waals surface area contributed by atoms with Gasteiger partial charge in [0.1, 0.15) is 16.7 Å². The number of carbonyl (C=O) groups is 3. The summed E-state index contributed by atoms with van der Waals surface area (Å²) >= 11 is 0. The Labute approximate surface area is 370 Å². The monoisotopic (exact) mass is 970 g/mol. The molecular formula is C40H46N2O18S4-2. The average Bonchev–Trinajstić information content (AvgIpc) is 3.54. The van der Waals surface area contributed by atoms with Gasteiger partial charge in [-0.25, -0.2) is 16.8 Å². The van der Waals surface area contributed by atoms with E-state index in [1.165, 1.54) is 39.8 Å². The summed E-state index contributed by atoms with van der Waals surface area (Å²) in [6, 6.07) is 7.04. The maximum Gasteiger partial charge on any atom is 0.303 e. The van der Waals surface area contributed by atoms with Crippen molar-refractivity contribution in [1.82, 2.24) is 0 Å². The van der Waals surface area contributed by atoms with Gasteiger partial charge in [-0.2, -0.15) is 21.4 Å². The zero-order chi connectivity index (χ0) is 47.8. The number of rotatable bonds is 22. The number of unbranched alkanes of at least 4 members (excludes halogenated alkanes) is 2. The lowest BCUT2D eigenvalue weighted by Gasteiger charge is -2.34. The third-order valence-corrected chi connectivity index (χ3v) is 15.0. The van der Waals surface area contributed by atoms with E-state index < -0.39 is 102 Å². The quantitative estimate of drug-likeness (QED) is 0.0570. The number of Topliss-reactive ketones (excluding diaryl/α,β-unsaturated/α-hetero) is 1. The van der Waals surface area contributed by atoms with Crippen molar-refractivity contribution in [2.75, 3.05) is 29.5 Å². The molecule has 2 aromatic carbocycles. The predicted octanol–water partition coefficient (Wildman–Crippen LogP) is 2.48. The van der Waals surface area contributed by atoms with Crippen LogP contribution in [0.15, 0.2) is 80.9 Å². The van der Waals surface area contributed by atoms with Gasteiger partial charge in [0.2, 0.25) is 5.69 Å². The van der Waals surface area contributed by atoms with Crippen molar-refractivity contribution in [1.29, 1.82) is 0 Å². The highest BCUT2D eigenvalue weighted by molar-refractivity contribution is 7.86. The Morgan fingerprint density at radius 1 is 0.750 bits per heavy atom. The number of ketones is 1. The van der Waals surface area contributed by atoms with Gasteiger partial charge in [-0.05, 0) is 87.9 Å². The number of carboxylic acid groups (broad SMARTS) is 2. The second-order valence-corrected chi connectivity index (χ2v) is 22.2. The van der Waals surface area contributed by atoms with Gasteiger partial charge in [-0.15, -0.1) is 0 Å². The van der Waals surface area contributed by atoms with Crippen molar-refractivity contribution in [3.05, 3.63) is 82.3 Å². The van der Waals surface area contributed by atoms with Crippen molar-refractivity contribution in [3.63, 3.8) is 0 Å². The Morgan fingerprint density at radius 3 is 1.86 bits per heavy atom. The first kappa shape index (κ1) is 50.2. The highest BCUT2D eigenvalue weighted by Gasteiger charge is 2.49. The number of hydrogen-bond donors (Lipinski definition) is 4. The molecule has 24 heteroatoms. The largest absolute Gasteiger partial charge is 0.871 e. The maximum absolute atomic E-state index is 14.2. The van der Waals surface area contributed by atoms with E-state index in [1.54, 1.807) is 13.8 Å². The van der Waals surface area contributed by atoms with Crippen molar-refractivity contribution in [2.24, 2.45) is 0 Å². The Hall–Kier alpha value is -4.82. The van der Waals surface area contributed by atoms with Gasteiger partial charge in [0, 0.05) is 77.2 Å². The van der Waals surface area contributed by atoms with Crippen LogP contribution in [0.5, 0.6) is 0 Å². The molecule has 0 aromatic heterocycles. The predicted molar refractivity (Wildman–Crippen MR) is 223 cm³/mol. The number of benzene rings is 2. The fourth-order valence-corrected chi connectivity index (χ4v) is 10.6. The van der Waals surface area contributed by atoms with E-state index in [4.69, 9.17) is 0 Å². The Morgan fingerprint density at radius 2 is 1.33 bits per heavy atom. The highest BCUT2D eigenvalue weighted by atomic mass is 32.2. The van der Waals surface area contributed by atoms with E-state index >= 15 is 0 Å². The number of carboxylic acids is 2. The number of fused-ring (bicyclic) bond motifs is 2. The smallest absolute Gasteiger partial charge is 0.303 e. The van der Waals surface area contributed by atoms with Crippen LogP contribution in [0, 0.1) is 0 Å². The molecular weight excluding hydrogens is 925 g/mol. The summed E-state index contributed by atoms with van der Waals surface area (Å²) in [5.41, 5.74) is -1.96. The zero-order valence-electron chi connectivity index (χ0n) is 34.6. The third-order valence-electron chi connectivity index (χ3n) is 11.7. The second-order valence-electron chi connectivity index (χ2n) is 16.3. The fourth-order valence-electron chi connectivity index (χ4n) is 8.60. The maximum atomic E-state index is 14.2. The topological polar surface area (TPSA) is 344 Å². The molecule has 0 amide bonds. The van der Waals surface area contributed by atoms with Crippen LogP contribution in [0.25, 0.3) is 0 Å². The van der Waals surface area contributed by atoms with Crippen molar-refractivity contribution in [2.45, 2.75) is 98.7 Å². The number of anilines is 1. The van der Waals surface area contributed by atoms with Gasteiger partial charge in [0.15, 0.2) is 11.5 Å². The molecule has 64 heavy (non-hydrogen) atoms. The van der Waals surface area contributed by atoms with Crippen LogP contribution in [-0.4, -0.2) is 115 Å². The molecule has 2 atom stereocenters. The molecule has 3 aliphatic rings. The van der Waals surface area contributed by atoms with Crippen LogP contribution in [-0.2, 0) is 65.7 Å². The first-order valence-corrected chi connectivity index (χ1v) is 25.9. The summed E-state index contributed by atoms with van der Waals surface area (Å²) in [7, 11) is -19.0. The number of aliphatic carboxylic acids is 2. The van der Waals surface area contributed by atoms with E-state index in [0.29, 0.717) is 5.69 Å². The van der Waals surface area contributed by atoms with Crippen LogP contribution in [0.1, 0.15) is 89.2 Å². The SMILES string of the molecule is C[C@]1(CCCCC(=O)O)C(=CC2=C([O-])C(=CC3=[N+](CCCS(=O)(=O)[O-])c4ccc(S(=O)(=O)[O-])cc4[C@@]3(C)CCCCC(=O)O)C2=O)N(CCCS(=O)(=O)O)c2ccc(S(=O)(=O)O)cc21. The number of hydrogen-bond acceptors (Lipinski definition) is 15. The van der Waals surface area contributed by atoms with E-state index in [2.05, 4.69) is 0 Å². The van der Waals surface area contributed by atoms with Gasteiger partial charge < -0.3 is 29.3 Å². The number of allylic oxidation sites excluding steroid dienone is 5. The lowest BCUT2D eigenvalue weighted by Crippen LogP contribution is -2.36. The van der Waals surface area contributed by atoms with Gasteiger partial charge in [-0.3, -0.25) is 23.5 Å². The summed E-state index contributed by atoms with van der Waals surface area (Å²) in [6.07, 6.45) is 2.46. The Bertz CT molecular complexity index is 2860. The fraction of sp³-hybridized carbons (Fsp3) is 0.450. The molecule has 5 rings (SSSR count). The van der Waals surface area contributed by atoms with E-state index in [1.807, 2.05) is 0 Å². The highest BCUT2D eigenvalue weighted by Crippen LogP contribution is 2.53. The number of carbonyl (C=O) groups excluding carboxylic acids is 1. The molecule has 0 bridgehead atoms. The molecule has 0 unspecified atom stereocenters. The molecule has 0 fully saturated rings. The summed E-state index contributed by atoms with van der Waals surface area (Å²) < 4.78 is 140. The van der Waals surface area contributed by atoms with Crippen LogP contribution in [0.3, 0.4) is 0 Å². The van der Waals surface area contributed by atoms with Crippen molar-refractivity contribution >= 4 is 75.3 Å². The molecule has 350 valence electrons. The minimum absolute atomic E-state index is 0.0800. The van der Waals surface area contributed by atoms with Crippen LogP contribution < -0.4 is 10.0 Å². The summed E-state index contributed by atoms with van der Waals surface area (Å²) in [6.45, 7) is 2.89. The van der Waals surface area contributed by atoms with Gasteiger partial charge in [0.25, 0.3) is 20.2 Å². The average molecular weight is 971 g/mol. The summed E-state index contributed by atoms with van der Waals surface area (Å²) in [5.74, 6) is -5.35. The molecule has 1 aliphatic carbocycles. The minimum Gasteiger partial charge on any atom is -0.871 e. The van der Waals surface area contributed by atoms with Crippen LogP contribution >= 0.6 is 0 Å². The van der Waals surface area contributed by atoms with E-state index in [0.717, 1.165) is 18.2 Å². The van der Waals surface area contributed by atoms with E-state index in [-0.39, 0.29) is 111 Å². The molecule has 2 aromatic rings. The lowest BCUT2D eigenvalue weighted by atomic mass is 9.73. The molecule has 2 heterocycles. The Kier molecular flexibility index (Phi) is 14.6. The zero-order valence-corrected chi connectivity index (χ0v) is 37.8.